The van der Waals surface area contributed by atoms with Gasteiger partial charge in [-0.3, -0.25) is 9.59 Å². The first-order valence-corrected chi connectivity index (χ1v) is 12.1. The summed E-state index contributed by atoms with van der Waals surface area (Å²) >= 11 is 12.4. The van der Waals surface area contributed by atoms with E-state index in [0.29, 0.717) is 53.0 Å². The van der Waals surface area contributed by atoms with E-state index in [4.69, 9.17) is 27.9 Å². The number of hydrogen-bond donors (Lipinski definition) is 1. The third-order valence-corrected chi connectivity index (χ3v) is 6.49. The van der Waals surface area contributed by atoms with Crippen LogP contribution in [-0.4, -0.2) is 44.4 Å². The number of aryl methyl sites for hydroxylation is 1. The predicted octanol–water partition coefficient (Wildman–Crippen LogP) is 5.49. The fourth-order valence-corrected chi connectivity index (χ4v) is 4.40. The molecule has 1 N–H and O–H groups in total. The number of Topliss-reactive ketones (excluding diaryl/α,β-unsaturated/α-hetero) is 1. The summed E-state index contributed by atoms with van der Waals surface area (Å²) < 4.78 is 7.57. The number of benzene rings is 2. The second-order valence-electron chi connectivity index (χ2n) is 8.20. The highest BCUT2D eigenvalue weighted by molar-refractivity contribution is 6.46. The Morgan fingerprint density at radius 1 is 1.11 bits per heavy atom. The summed E-state index contributed by atoms with van der Waals surface area (Å²) in [4.78, 5) is 31.8. The summed E-state index contributed by atoms with van der Waals surface area (Å²) in [5.74, 6) is -1.12. The van der Waals surface area contributed by atoms with Crippen LogP contribution in [0.2, 0.25) is 10.0 Å². The van der Waals surface area contributed by atoms with Gasteiger partial charge in [-0.25, -0.2) is 4.98 Å². The fourth-order valence-electron chi connectivity index (χ4n) is 4.09. The van der Waals surface area contributed by atoms with E-state index < -0.39 is 17.7 Å². The molecule has 2 heterocycles. The molecule has 1 unspecified atom stereocenters. The van der Waals surface area contributed by atoms with Crippen molar-refractivity contribution in [3.05, 3.63) is 87.9 Å². The van der Waals surface area contributed by atoms with Crippen molar-refractivity contribution in [2.24, 2.45) is 0 Å². The number of nitrogens with zero attached hydrogens (tertiary/aromatic N) is 3. The predicted molar refractivity (Wildman–Crippen MR) is 135 cm³/mol. The normalized spacial score (nSPS) is 17.2. The van der Waals surface area contributed by atoms with Gasteiger partial charge in [0.25, 0.3) is 11.7 Å². The van der Waals surface area contributed by atoms with Gasteiger partial charge in [-0.1, -0.05) is 48.3 Å². The minimum atomic E-state index is -0.812. The average Bonchev–Trinajstić information content (AvgIpc) is 3.46. The Bertz CT molecular complexity index is 1260. The maximum absolute atomic E-state index is 13.2. The highest BCUT2D eigenvalue weighted by Gasteiger charge is 2.46. The van der Waals surface area contributed by atoms with Crippen molar-refractivity contribution >= 4 is 40.7 Å². The summed E-state index contributed by atoms with van der Waals surface area (Å²) in [7, 11) is 0. The number of ketones is 1. The smallest absolute Gasteiger partial charge is 0.295 e. The zero-order valence-electron chi connectivity index (χ0n) is 19.2. The number of ether oxygens (including phenoxy) is 1. The summed E-state index contributed by atoms with van der Waals surface area (Å²) in [5, 5.41) is 11.9. The van der Waals surface area contributed by atoms with E-state index in [1.807, 2.05) is 17.7 Å². The topological polar surface area (TPSA) is 84.7 Å². The van der Waals surface area contributed by atoms with Crippen LogP contribution >= 0.6 is 23.2 Å². The molecule has 35 heavy (non-hydrogen) atoms. The molecule has 1 amide bonds. The van der Waals surface area contributed by atoms with Gasteiger partial charge >= 0.3 is 0 Å². The lowest BCUT2D eigenvalue weighted by molar-refractivity contribution is -0.139. The summed E-state index contributed by atoms with van der Waals surface area (Å²) in [6.45, 7) is 3.43. The molecule has 7 nitrogen and oxygen atoms in total. The molecule has 1 saturated heterocycles. The highest BCUT2D eigenvalue weighted by atomic mass is 35.5. The molecule has 0 aliphatic carbocycles. The lowest BCUT2D eigenvalue weighted by Crippen LogP contribution is -2.31. The number of halogens is 2. The van der Waals surface area contributed by atoms with E-state index in [-0.39, 0.29) is 11.3 Å². The minimum Gasteiger partial charge on any atom is -0.507 e. The molecule has 9 heteroatoms. The number of carbonyl (C=O) groups excluding carboxylic acids is 2. The first kappa shape index (κ1) is 24.8. The molecular formula is C26H25Cl2N3O4. The number of aliphatic hydroxyl groups excluding tert-OH is 1. The van der Waals surface area contributed by atoms with E-state index in [1.54, 1.807) is 55.0 Å². The third kappa shape index (κ3) is 5.36. The van der Waals surface area contributed by atoms with Crippen molar-refractivity contribution < 1.29 is 19.4 Å². The standard InChI is InChI=1S/C26H25Cl2N3O4/c1-2-13-35-19-6-3-5-18(14-19)24(32)22-23(17-7-8-20(27)21(28)15-17)31(26(34)25(22)33)11-4-10-30-12-9-29-16-30/h3,5-9,12,14-16,23,32H,2,4,10-11,13H2,1H3. The third-order valence-electron chi connectivity index (χ3n) is 5.75. The van der Waals surface area contributed by atoms with E-state index >= 15 is 0 Å². The molecule has 0 saturated carbocycles. The zero-order chi connectivity index (χ0) is 24.9. The van der Waals surface area contributed by atoms with Crippen LogP contribution in [0.4, 0.5) is 0 Å². The molecule has 4 rings (SSSR count). The van der Waals surface area contributed by atoms with Crippen LogP contribution in [0.15, 0.2) is 66.8 Å². The first-order chi connectivity index (χ1) is 16.9. The SMILES string of the molecule is CCCOc1cccc(C(O)=C2C(=O)C(=O)N(CCCn3ccnc3)C2c2ccc(Cl)c(Cl)c2)c1. The van der Waals surface area contributed by atoms with Gasteiger partial charge in [0.2, 0.25) is 0 Å². The monoisotopic (exact) mass is 513 g/mol. The molecule has 0 bridgehead atoms. The van der Waals surface area contributed by atoms with E-state index in [1.165, 1.54) is 4.90 Å². The van der Waals surface area contributed by atoms with Gasteiger partial charge in [0, 0.05) is 31.0 Å². The number of amides is 1. The molecule has 3 aromatic rings. The van der Waals surface area contributed by atoms with Crippen LogP contribution in [-0.2, 0) is 16.1 Å². The number of likely N-dealkylation sites (tertiary alicyclic amines) is 1. The molecule has 1 atom stereocenters. The summed E-state index contributed by atoms with van der Waals surface area (Å²) in [5.41, 5.74) is 0.977. The van der Waals surface area contributed by atoms with Crippen molar-refractivity contribution in [1.82, 2.24) is 14.5 Å². The quantitative estimate of drug-likeness (QED) is 0.232. The number of hydrogen-bond acceptors (Lipinski definition) is 5. The van der Waals surface area contributed by atoms with Gasteiger partial charge in [-0.05, 0) is 42.7 Å². The van der Waals surface area contributed by atoms with Crippen LogP contribution in [0.25, 0.3) is 5.76 Å². The second kappa shape index (κ2) is 11.0. The van der Waals surface area contributed by atoms with Crippen LogP contribution in [0.3, 0.4) is 0 Å². The number of aromatic nitrogens is 2. The molecule has 182 valence electrons. The number of carbonyl (C=O) groups is 2. The Kier molecular flexibility index (Phi) is 7.78. The largest absolute Gasteiger partial charge is 0.507 e. The van der Waals surface area contributed by atoms with Crippen LogP contribution in [0.1, 0.15) is 36.9 Å². The van der Waals surface area contributed by atoms with E-state index in [0.717, 1.165) is 6.42 Å². The van der Waals surface area contributed by atoms with E-state index in [9.17, 15) is 14.7 Å². The van der Waals surface area contributed by atoms with Crippen molar-refractivity contribution in [3.8, 4) is 5.75 Å². The average molecular weight is 514 g/mol. The highest BCUT2D eigenvalue weighted by Crippen LogP contribution is 2.41. The Morgan fingerprint density at radius 2 is 1.94 bits per heavy atom. The van der Waals surface area contributed by atoms with Gasteiger partial charge in [0.05, 0.1) is 34.6 Å². The number of imidazole rings is 1. The van der Waals surface area contributed by atoms with Crippen LogP contribution in [0, 0.1) is 0 Å². The van der Waals surface area contributed by atoms with Gasteiger partial charge in [0.1, 0.15) is 11.5 Å². The van der Waals surface area contributed by atoms with Crippen molar-refractivity contribution in [2.75, 3.05) is 13.2 Å². The van der Waals surface area contributed by atoms with Gasteiger partial charge in [-0.15, -0.1) is 0 Å². The minimum absolute atomic E-state index is 0.00339. The maximum atomic E-state index is 13.2. The first-order valence-electron chi connectivity index (χ1n) is 11.3. The molecule has 1 fully saturated rings. The Balaban J connectivity index is 1.74. The molecule has 0 spiro atoms. The van der Waals surface area contributed by atoms with Gasteiger partial charge in [-0.2, -0.15) is 0 Å². The zero-order valence-corrected chi connectivity index (χ0v) is 20.7. The Morgan fingerprint density at radius 3 is 2.66 bits per heavy atom. The second-order valence-corrected chi connectivity index (χ2v) is 9.01. The van der Waals surface area contributed by atoms with E-state index in [2.05, 4.69) is 4.98 Å². The summed E-state index contributed by atoms with van der Waals surface area (Å²) in [6, 6.07) is 11.0. The fraction of sp³-hybridized carbons (Fsp3) is 0.269. The molecule has 1 aliphatic rings. The molecule has 0 radical (unpaired) electrons. The number of rotatable bonds is 9. The van der Waals surface area contributed by atoms with Gasteiger partial charge < -0.3 is 19.3 Å². The lowest BCUT2D eigenvalue weighted by atomic mass is 9.95. The molecule has 1 aliphatic heterocycles. The molecule has 2 aromatic carbocycles. The van der Waals surface area contributed by atoms with Crippen LogP contribution < -0.4 is 4.74 Å². The van der Waals surface area contributed by atoms with Crippen molar-refractivity contribution in [2.45, 2.75) is 32.4 Å². The van der Waals surface area contributed by atoms with Crippen molar-refractivity contribution in [3.63, 3.8) is 0 Å². The van der Waals surface area contributed by atoms with Crippen molar-refractivity contribution in [1.29, 1.82) is 0 Å². The van der Waals surface area contributed by atoms with Crippen LogP contribution in [0.5, 0.6) is 5.75 Å². The lowest BCUT2D eigenvalue weighted by Gasteiger charge is -2.25. The molecule has 1 aromatic heterocycles. The maximum Gasteiger partial charge on any atom is 0.295 e. The Labute approximate surface area is 213 Å². The molecular weight excluding hydrogens is 489 g/mol. The number of aliphatic hydroxyl groups is 1. The van der Waals surface area contributed by atoms with Gasteiger partial charge in [0.15, 0.2) is 0 Å². The summed E-state index contributed by atoms with van der Waals surface area (Å²) in [6.07, 6.45) is 6.62. The Hall–Kier alpha value is -3.29.